The quantitative estimate of drug-likeness (QED) is 0.806. The highest BCUT2D eigenvalue weighted by Crippen LogP contribution is 2.15. The lowest BCUT2D eigenvalue weighted by atomic mass is 9.97. The third kappa shape index (κ3) is 4.50. The van der Waals surface area contributed by atoms with Crippen LogP contribution in [0.5, 0.6) is 0 Å². The number of ketones is 1. The summed E-state index contributed by atoms with van der Waals surface area (Å²) in [4.78, 5) is 24.9. The molecule has 0 bridgehead atoms. The van der Waals surface area contributed by atoms with Crippen LogP contribution in [-0.4, -0.2) is 29.4 Å². The molecule has 0 aliphatic carbocycles. The Balaban J connectivity index is 2.21. The number of carbonyl (C=O) groups is 2. The van der Waals surface area contributed by atoms with Crippen LogP contribution in [0.1, 0.15) is 45.2 Å². The van der Waals surface area contributed by atoms with Gasteiger partial charge in [0.1, 0.15) is 0 Å². The highest BCUT2D eigenvalue weighted by molar-refractivity contribution is 6.15. The Morgan fingerprint density at radius 2 is 1.65 bits per heavy atom. The molecule has 2 rings (SSSR count). The van der Waals surface area contributed by atoms with Gasteiger partial charge in [0.25, 0.3) is 5.91 Å². The summed E-state index contributed by atoms with van der Waals surface area (Å²) in [5.41, 5.74) is 2.36. The Morgan fingerprint density at radius 1 is 1.04 bits per heavy atom. The third-order valence-corrected chi connectivity index (χ3v) is 3.58. The van der Waals surface area contributed by atoms with E-state index in [-0.39, 0.29) is 11.7 Å². The van der Waals surface area contributed by atoms with Crippen molar-refractivity contribution in [3.63, 3.8) is 0 Å². The van der Waals surface area contributed by atoms with Crippen LogP contribution < -0.4 is 5.32 Å². The molecule has 23 heavy (non-hydrogen) atoms. The van der Waals surface area contributed by atoms with E-state index in [1.807, 2.05) is 19.1 Å². The van der Waals surface area contributed by atoms with Crippen LogP contribution in [-0.2, 0) is 0 Å². The topological polar surface area (TPSA) is 66.4 Å². The van der Waals surface area contributed by atoms with E-state index in [0.29, 0.717) is 29.7 Å². The van der Waals surface area contributed by atoms with Crippen LogP contribution in [0.25, 0.3) is 0 Å². The molecule has 0 saturated heterocycles. The molecular formula is C19H21NO3. The number of rotatable bonds is 6. The van der Waals surface area contributed by atoms with Crippen molar-refractivity contribution in [2.45, 2.75) is 26.4 Å². The highest BCUT2D eigenvalue weighted by Gasteiger charge is 2.17. The van der Waals surface area contributed by atoms with Crippen molar-refractivity contribution in [1.29, 1.82) is 0 Å². The predicted octanol–water partition coefficient (Wildman–Crippen LogP) is 2.73. The van der Waals surface area contributed by atoms with E-state index in [2.05, 4.69) is 5.32 Å². The maximum atomic E-state index is 12.6. The molecule has 4 nitrogen and oxygen atoms in total. The molecule has 0 fully saturated rings. The average Bonchev–Trinajstić information content (AvgIpc) is 2.54. The predicted molar refractivity (Wildman–Crippen MR) is 89.7 cm³/mol. The summed E-state index contributed by atoms with van der Waals surface area (Å²) < 4.78 is 0. The van der Waals surface area contributed by atoms with Gasteiger partial charge in [-0.2, -0.15) is 0 Å². The Bertz CT molecular complexity index is 690. The van der Waals surface area contributed by atoms with Crippen LogP contribution in [0, 0.1) is 6.92 Å². The smallest absolute Gasteiger partial charge is 0.252 e. The van der Waals surface area contributed by atoms with E-state index in [9.17, 15) is 14.7 Å². The summed E-state index contributed by atoms with van der Waals surface area (Å²) in [6.45, 7) is 3.99. The average molecular weight is 311 g/mol. The van der Waals surface area contributed by atoms with E-state index in [4.69, 9.17) is 0 Å². The van der Waals surface area contributed by atoms with E-state index < -0.39 is 6.10 Å². The number of carbonyl (C=O) groups excluding carboxylic acids is 2. The summed E-state index contributed by atoms with van der Waals surface area (Å²) >= 11 is 0. The first-order valence-corrected chi connectivity index (χ1v) is 7.65. The molecule has 1 amide bonds. The fraction of sp³-hybridized carbons (Fsp3) is 0.263. The highest BCUT2D eigenvalue weighted by atomic mass is 16.3. The fourth-order valence-corrected chi connectivity index (χ4v) is 2.23. The zero-order chi connectivity index (χ0) is 16.8. The summed E-state index contributed by atoms with van der Waals surface area (Å²) in [5, 5.41) is 12.0. The van der Waals surface area contributed by atoms with Crippen molar-refractivity contribution < 1.29 is 14.7 Å². The molecule has 2 N–H and O–H groups in total. The Kier molecular flexibility index (Phi) is 5.66. The van der Waals surface area contributed by atoms with Crippen LogP contribution in [0.3, 0.4) is 0 Å². The summed E-state index contributed by atoms with van der Waals surface area (Å²) in [6, 6.07) is 14.0. The lowest BCUT2D eigenvalue weighted by Gasteiger charge is -2.10. The van der Waals surface area contributed by atoms with Crippen LogP contribution in [0.15, 0.2) is 48.5 Å². The SMILES string of the molecule is Cc1ccc(C(=O)c2ccccc2C(=O)NCCC(C)O)cc1. The largest absolute Gasteiger partial charge is 0.393 e. The van der Waals surface area contributed by atoms with Crippen molar-refractivity contribution in [2.24, 2.45) is 0 Å². The van der Waals surface area contributed by atoms with Crippen molar-refractivity contribution in [1.82, 2.24) is 5.32 Å². The Hall–Kier alpha value is -2.46. The second kappa shape index (κ2) is 7.70. The summed E-state index contributed by atoms with van der Waals surface area (Å²) in [7, 11) is 0. The Labute approximate surface area is 136 Å². The molecule has 1 atom stereocenters. The molecule has 0 aliphatic heterocycles. The van der Waals surface area contributed by atoms with Crippen molar-refractivity contribution in [2.75, 3.05) is 6.54 Å². The van der Waals surface area contributed by atoms with Gasteiger partial charge in [-0.1, -0.05) is 48.0 Å². The first-order chi connectivity index (χ1) is 11.0. The summed E-state index contributed by atoms with van der Waals surface area (Å²) in [6.07, 6.45) is -0.000429. The molecule has 0 aliphatic rings. The fourth-order valence-electron chi connectivity index (χ4n) is 2.23. The molecule has 0 saturated carbocycles. The van der Waals surface area contributed by atoms with Gasteiger partial charge < -0.3 is 10.4 Å². The molecule has 4 heteroatoms. The lowest BCUT2D eigenvalue weighted by molar-refractivity contribution is 0.0934. The number of nitrogens with one attached hydrogen (secondary N) is 1. The molecule has 2 aromatic carbocycles. The van der Waals surface area contributed by atoms with Gasteiger partial charge in [-0.15, -0.1) is 0 Å². The Morgan fingerprint density at radius 3 is 2.26 bits per heavy atom. The van der Waals surface area contributed by atoms with Gasteiger partial charge in [-0.05, 0) is 26.3 Å². The number of amides is 1. The van der Waals surface area contributed by atoms with Crippen LogP contribution >= 0.6 is 0 Å². The minimum Gasteiger partial charge on any atom is -0.393 e. The normalized spacial score (nSPS) is 11.8. The van der Waals surface area contributed by atoms with E-state index in [1.165, 1.54) is 0 Å². The van der Waals surface area contributed by atoms with Crippen molar-refractivity contribution >= 4 is 11.7 Å². The van der Waals surface area contributed by atoms with Gasteiger partial charge in [-0.3, -0.25) is 9.59 Å². The van der Waals surface area contributed by atoms with Gasteiger partial charge in [0, 0.05) is 17.7 Å². The lowest BCUT2D eigenvalue weighted by Crippen LogP contribution is -2.28. The number of aliphatic hydroxyl groups is 1. The molecule has 0 radical (unpaired) electrons. The number of hydrogen-bond acceptors (Lipinski definition) is 3. The third-order valence-electron chi connectivity index (χ3n) is 3.58. The first-order valence-electron chi connectivity index (χ1n) is 7.65. The maximum Gasteiger partial charge on any atom is 0.252 e. The summed E-state index contributed by atoms with van der Waals surface area (Å²) in [5.74, 6) is -0.479. The number of benzene rings is 2. The van der Waals surface area contributed by atoms with Crippen LogP contribution in [0.2, 0.25) is 0 Å². The second-order valence-corrected chi connectivity index (χ2v) is 5.63. The van der Waals surface area contributed by atoms with Gasteiger partial charge in [0.2, 0.25) is 0 Å². The van der Waals surface area contributed by atoms with E-state index in [0.717, 1.165) is 5.56 Å². The molecular weight excluding hydrogens is 290 g/mol. The minimum absolute atomic E-state index is 0.175. The maximum absolute atomic E-state index is 12.6. The molecule has 0 aromatic heterocycles. The van der Waals surface area contributed by atoms with Crippen LogP contribution in [0.4, 0.5) is 0 Å². The van der Waals surface area contributed by atoms with Gasteiger partial charge in [0.15, 0.2) is 5.78 Å². The molecule has 0 spiro atoms. The van der Waals surface area contributed by atoms with Crippen molar-refractivity contribution in [3.05, 3.63) is 70.8 Å². The number of hydrogen-bond donors (Lipinski definition) is 2. The molecule has 120 valence electrons. The zero-order valence-electron chi connectivity index (χ0n) is 13.4. The molecule has 1 unspecified atom stereocenters. The first kappa shape index (κ1) is 16.9. The standard InChI is InChI=1S/C19H21NO3/c1-13-7-9-15(10-8-13)18(22)16-5-3-4-6-17(16)19(23)20-12-11-14(2)21/h3-10,14,21H,11-12H2,1-2H3,(H,20,23). The van der Waals surface area contributed by atoms with Crippen molar-refractivity contribution in [3.8, 4) is 0 Å². The number of aliphatic hydroxyl groups excluding tert-OH is 1. The zero-order valence-corrected chi connectivity index (χ0v) is 13.4. The van der Waals surface area contributed by atoms with E-state index >= 15 is 0 Å². The van der Waals surface area contributed by atoms with E-state index in [1.54, 1.807) is 43.3 Å². The molecule has 0 heterocycles. The van der Waals surface area contributed by atoms with Gasteiger partial charge in [0.05, 0.1) is 11.7 Å². The number of aryl methyl sites for hydroxylation is 1. The second-order valence-electron chi connectivity index (χ2n) is 5.63. The molecule has 2 aromatic rings. The minimum atomic E-state index is -0.472. The monoisotopic (exact) mass is 311 g/mol. The van der Waals surface area contributed by atoms with Gasteiger partial charge in [-0.25, -0.2) is 0 Å². The van der Waals surface area contributed by atoms with Gasteiger partial charge >= 0.3 is 0 Å².